The smallest absolute Gasteiger partial charge is 0.271 e. The van der Waals surface area contributed by atoms with Crippen molar-refractivity contribution >= 4 is 27.0 Å². The van der Waals surface area contributed by atoms with Crippen molar-refractivity contribution in [2.24, 2.45) is 0 Å². The van der Waals surface area contributed by atoms with Crippen LogP contribution in [0.4, 0.5) is 5.69 Å². The highest BCUT2D eigenvalue weighted by atomic mass is 32.2. The first-order valence-electron chi connectivity index (χ1n) is 5.69. The number of aromatic nitrogens is 2. The fourth-order valence-electron chi connectivity index (χ4n) is 1.40. The lowest BCUT2D eigenvalue weighted by Crippen LogP contribution is -2.12. The molecule has 0 amide bonds. The predicted octanol–water partition coefficient (Wildman–Crippen LogP) is 1.45. The van der Waals surface area contributed by atoms with Crippen molar-refractivity contribution in [1.29, 1.82) is 0 Å². The first-order chi connectivity index (χ1) is 9.12. The summed E-state index contributed by atoms with van der Waals surface area (Å²) < 4.78 is 26.9. The molecule has 102 valence electrons. The van der Waals surface area contributed by atoms with Crippen molar-refractivity contribution in [1.82, 2.24) is 15.3 Å². The third-order valence-electron chi connectivity index (χ3n) is 2.26. The summed E-state index contributed by atoms with van der Waals surface area (Å²) in [5, 5.41) is 3.15. The van der Waals surface area contributed by atoms with E-state index in [1.807, 2.05) is 13.0 Å². The van der Waals surface area contributed by atoms with Crippen LogP contribution in [-0.2, 0) is 16.6 Å². The Kier molecular flexibility index (Phi) is 4.46. The molecule has 0 saturated heterocycles. The molecule has 8 heteroatoms. The first-order valence-corrected chi connectivity index (χ1v) is 7.99. The van der Waals surface area contributed by atoms with Crippen LogP contribution in [0.3, 0.4) is 0 Å². The minimum Gasteiger partial charge on any atom is -0.312 e. The summed E-state index contributed by atoms with van der Waals surface area (Å²) in [6.45, 7) is 3.52. The lowest BCUT2D eigenvalue weighted by Gasteiger charge is -2.04. The monoisotopic (exact) mass is 298 g/mol. The molecule has 0 aromatic carbocycles. The van der Waals surface area contributed by atoms with Crippen LogP contribution in [-0.4, -0.2) is 24.9 Å². The normalized spacial score (nSPS) is 11.4. The van der Waals surface area contributed by atoms with Crippen molar-refractivity contribution in [3.63, 3.8) is 0 Å². The van der Waals surface area contributed by atoms with E-state index < -0.39 is 10.0 Å². The zero-order valence-electron chi connectivity index (χ0n) is 10.3. The molecule has 2 aromatic rings. The van der Waals surface area contributed by atoms with Gasteiger partial charge in [0.1, 0.15) is 10.5 Å². The summed E-state index contributed by atoms with van der Waals surface area (Å²) in [4.78, 5) is 8.51. The molecule has 2 aromatic heterocycles. The molecule has 0 aliphatic carbocycles. The van der Waals surface area contributed by atoms with Gasteiger partial charge in [-0.25, -0.2) is 18.4 Å². The molecule has 6 nitrogen and oxygen atoms in total. The molecular weight excluding hydrogens is 284 g/mol. The second-order valence-corrected chi connectivity index (χ2v) is 6.81. The van der Waals surface area contributed by atoms with Gasteiger partial charge in [-0.15, -0.1) is 11.3 Å². The van der Waals surface area contributed by atoms with Gasteiger partial charge in [0.25, 0.3) is 10.0 Å². The van der Waals surface area contributed by atoms with E-state index in [9.17, 15) is 8.42 Å². The van der Waals surface area contributed by atoms with Crippen molar-refractivity contribution in [3.05, 3.63) is 35.7 Å². The molecule has 2 heterocycles. The Morgan fingerprint density at radius 2 is 2.00 bits per heavy atom. The van der Waals surface area contributed by atoms with E-state index in [4.69, 9.17) is 0 Å². The number of anilines is 1. The first kappa shape index (κ1) is 13.9. The second kappa shape index (κ2) is 6.09. The maximum atomic E-state index is 12.1. The summed E-state index contributed by atoms with van der Waals surface area (Å²) in [6, 6.07) is 3.41. The lowest BCUT2D eigenvalue weighted by molar-refractivity contribution is 0.603. The fraction of sp³-hybridized carbons (Fsp3) is 0.273. The van der Waals surface area contributed by atoms with Crippen LogP contribution in [0, 0.1) is 0 Å². The molecule has 19 heavy (non-hydrogen) atoms. The predicted molar refractivity (Wildman–Crippen MR) is 74.5 cm³/mol. The molecule has 2 N–H and O–H groups in total. The topological polar surface area (TPSA) is 84.0 Å². The van der Waals surface area contributed by atoms with E-state index in [-0.39, 0.29) is 4.21 Å². The molecule has 2 rings (SSSR count). The van der Waals surface area contributed by atoms with Gasteiger partial charge >= 0.3 is 0 Å². The third kappa shape index (κ3) is 3.72. The Hall–Kier alpha value is -1.51. The SMILES string of the molecule is CCNCc1ccc(S(=O)(=O)Nc2cncnc2)s1. The summed E-state index contributed by atoms with van der Waals surface area (Å²) in [6.07, 6.45) is 4.17. The summed E-state index contributed by atoms with van der Waals surface area (Å²) in [5.41, 5.74) is 0.351. The molecule has 0 bridgehead atoms. The van der Waals surface area contributed by atoms with Gasteiger partial charge in [0, 0.05) is 11.4 Å². The van der Waals surface area contributed by atoms with Crippen LogP contribution in [0.15, 0.2) is 35.1 Å². The maximum absolute atomic E-state index is 12.1. The van der Waals surface area contributed by atoms with Crippen LogP contribution in [0.1, 0.15) is 11.8 Å². The Morgan fingerprint density at radius 1 is 1.26 bits per heavy atom. The van der Waals surface area contributed by atoms with E-state index in [0.717, 1.165) is 11.4 Å². The summed E-state index contributed by atoms with van der Waals surface area (Å²) >= 11 is 1.25. The highest BCUT2D eigenvalue weighted by Crippen LogP contribution is 2.23. The molecule has 0 radical (unpaired) electrons. The van der Waals surface area contributed by atoms with Gasteiger partial charge in [-0.3, -0.25) is 4.72 Å². The molecule has 0 saturated carbocycles. The van der Waals surface area contributed by atoms with Gasteiger partial charge in [0.15, 0.2) is 0 Å². The van der Waals surface area contributed by atoms with Gasteiger partial charge in [-0.1, -0.05) is 6.92 Å². The van der Waals surface area contributed by atoms with Crippen LogP contribution < -0.4 is 10.0 Å². The average Bonchev–Trinajstić information content (AvgIpc) is 2.86. The van der Waals surface area contributed by atoms with E-state index in [2.05, 4.69) is 20.0 Å². The van der Waals surface area contributed by atoms with Crippen LogP contribution in [0.25, 0.3) is 0 Å². The molecular formula is C11H14N4O2S2. The van der Waals surface area contributed by atoms with E-state index in [1.54, 1.807) is 6.07 Å². The van der Waals surface area contributed by atoms with E-state index in [0.29, 0.717) is 12.2 Å². The zero-order valence-corrected chi connectivity index (χ0v) is 12.0. The van der Waals surface area contributed by atoms with Crippen LogP contribution >= 0.6 is 11.3 Å². The zero-order chi connectivity index (χ0) is 13.7. The van der Waals surface area contributed by atoms with Crippen LogP contribution in [0.2, 0.25) is 0 Å². The number of sulfonamides is 1. The van der Waals surface area contributed by atoms with Crippen molar-refractivity contribution in [2.75, 3.05) is 11.3 Å². The number of hydrogen-bond donors (Lipinski definition) is 2. The molecule has 0 fully saturated rings. The Balaban J connectivity index is 2.13. The molecule has 0 atom stereocenters. The quantitative estimate of drug-likeness (QED) is 0.843. The highest BCUT2D eigenvalue weighted by molar-refractivity contribution is 7.94. The number of hydrogen-bond acceptors (Lipinski definition) is 6. The second-order valence-electron chi connectivity index (χ2n) is 3.73. The Morgan fingerprint density at radius 3 is 2.68 bits per heavy atom. The standard InChI is InChI=1S/C11H14N4O2S2/c1-2-12-7-10-3-4-11(18-10)19(16,17)15-9-5-13-8-14-6-9/h3-6,8,12,15H,2,7H2,1H3. The number of thiophene rings is 1. The number of nitrogens with zero attached hydrogens (tertiary/aromatic N) is 2. The Bertz CT molecular complexity index is 625. The fourth-order valence-corrected chi connectivity index (χ4v) is 3.76. The van der Waals surface area contributed by atoms with E-state index >= 15 is 0 Å². The molecule has 0 aliphatic rings. The van der Waals surface area contributed by atoms with Gasteiger partial charge < -0.3 is 5.32 Å². The van der Waals surface area contributed by atoms with Crippen molar-refractivity contribution < 1.29 is 8.42 Å². The summed E-state index contributed by atoms with van der Waals surface area (Å²) in [5.74, 6) is 0. The minimum absolute atomic E-state index is 0.282. The minimum atomic E-state index is -3.56. The maximum Gasteiger partial charge on any atom is 0.271 e. The number of rotatable bonds is 6. The van der Waals surface area contributed by atoms with Gasteiger partial charge in [0.2, 0.25) is 0 Å². The summed E-state index contributed by atoms with van der Waals surface area (Å²) in [7, 11) is -3.56. The lowest BCUT2D eigenvalue weighted by atomic mass is 10.4. The van der Waals surface area contributed by atoms with Gasteiger partial charge in [-0.2, -0.15) is 0 Å². The Labute approximate surface area is 116 Å². The van der Waals surface area contributed by atoms with Crippen LogP contribution in [0.5, 0.6) is 0 Å². The average molecular weight is 298 g/mol. The van der Waals surface area contributed by atoms with Crippen molar-refractivity contribution in [2.45, 2.75) is 17.7 Å². The molecule has 0 unspecified atom stereocenters. The van der Waals surface area contributed by atoms with Gasteiger partial charge in [0.05, 0.1) is 18.1 Å². The number of nitrogens with one attached hydrogen (secondary N) is 2. The van der Waals surface area contributed by atoms with Crippen molar-refractivity contribution in [3.8, 4) is 0 Å². The van der Waals surface area contributed by atoms with E-state index in [1.165, 1.54) is 30.1 Å². The molecule has 0 aliphatic heterocycles. The largest absolute Gasteiger partial charge is 0.312 e. The highest BCUT2D eigenvalue weighted by Gasteiger charge is 2.17. The van der Waals surface area contributed by atoms with Gasteiger partial charge in [-0.05, 0) is 18.7 Å². The molecule has 0 spiro atoms. The third-order valence-corrected chi connectivity index (χ3v) is 5.22.